The maximum Gasteiger partial charge on any atom is 0.222 e. The number of rotatable bonds is 6. The summed E-state index contributed by atoms with van der Waals surface area (Å²) < 4.78 is 5.98. The number of ether oxygens (including phenoxy) is 1. The van der Waals surface area contributed by atoms with Crippen LogP contribution in [-0.4, -0.2) is 35.0 Å². The topological polar surface area (TPSA) is 42.4 Å². The Morgan fingerprint density at radius 3 is 2.60 bits per heavy atom. The predicted molar refractivity (Wildman–Crippen MR) is 98.6 cm³/mol. The first-order valence-corrected chi connectivity index (χ1v) is 9.12. The number of carbonyl (C=O) groups is 1. The molecule has 0 bridgehead atoms. The lowest BCUT2D eigenvalue weighted by Gasteiger charge is -2.32. The molecule has 4 heteroatoms. The van der Waals surface area contributed by atoms with Gasteiger partial charge in [0.05, 0.1) is 6.20 Å². The highest BCUT2D eigenvalue weighted by molar-refractivity contribution is 5.76. The number of nitrogens with zero attached hydrogens (tertiary/aromatic N) is 2. The predicted octanol–water partition coefficient (Wildman–Crippen LogP) is 3.78. The molecule has 1 aliphatic rings. The molecule has 4 nitrogen and oxygen atoms in total. The van der Waals surface area contributed by atoms with Gasteiger partial charge in [-0.25, -0.2) is 0 Å². The van der Waals surface area contributed by atoms with Gasteiger partial charge in [-0.05, 0) is 37.5 Å². The summed E-state index contributed by atoms with van der Waals surface area (Å²) in [6.07, 6.45) is 6.23. The van der Waals surface area contributed by atoms with Crippen LogP contribution in [-0.2, 0) is 11.2 Å². The number of pyridine rings is 1. The molecule has 0 N–H and O–H groups in total. The van der Waals surface area contributed by atoms with E-state index in [-0.39, 0.29) is 12.0 Å². The second-order valence-electron chi connectivity index (χ2n) is 6.67. The number of hydrogen-bond acceptors (Lipinski definition) is 3. The number of hydrogen-bond donors (Lipinski definition) is 0. The third-order valence-corrected chi connectivity index (χ3v) is 4.68. The summed E-state index contributed by atoms with van der Waals surface area (Å²) in [6, 6.07) is 14.3. The molecule has 0 spiro atoms. The monoisotopic (exact) mass is 338 g/mol. The largest absolute Gasteiger partial charge is 0.489 e. The third-order valence-electron chi connectivity index (χ3n) is 4.68. The van der Waals surface area contributed by atoms with Crippen molar-refractivity contribution < 1.29 is 9.53 Å². The zero-order valence-electron chi connectivity index (χ0n) is 14.9. The average Bonchev–Trinajstić information content (AvgIpc) is 2.65. The minimum absolute atomic E-state index is 0.179. The SMILES string of the molecule is Cc1ccc(OC2CCN(C(=O)CCCc3ccccc3)CC2)cn1. The van der Waals surface area contributed by atoms with Gasteiger partial charge in [0.15, 0.2) is 0 Å². The van der Waals surface area contributed by atoms with Gasteiger partial charge in [-0.3, -0.25) is 9.78 Å². The fourth-order valence-electron chi connectivity index (χ4n) is 3.19. The Labute approximate surface area is 149 Å². The minimum atomic E-state index is 0.179. The smallest absolute Gasteiger partial charge is 0.222 e. The van der Waals surface area contributed by atoms with Crippen LogP contribution in [0.15, 0.2) is 48.7 Å². The fraction of sp³-hybridized carbons (Fsp3) is 0.429. The molecule has 1 fully saturated rings. The van der Waals surface area contributed by atoms with Gasteiger partial charge in [-0.15, -0.1) is 0 Å². The van der Waals surface area contributed by atoms with Crippen LogP contribution in [0.3, 0.4) is 0 Å². The molecular formula is C21H26N2O2. The van der Waals surface area contributed by atoms with Crippen LogP contribution in [0.1, 0.15) is 36.9 Å². The Bertz CT molecular complexity index is 662. The third kappa shape index (κ3) is 5.31. The Balaban J connectivity index is 1.38. The molecule has 0 atom stereocenters. The van der Waals surface area contributed by atoms with Gasteiger partial charge in [0.2, 0.25) is 5.91 Å². The van der Waals surface area contributed by atoms with E-state index in [0.717, 1.165) is 50.2 Å². The number of aryl methyl sites for hydroxylation is 2. The fourth-order valence-corrected chi connectivity index (χ4v) is 3.19. The number of likely N-dealkylation sites (tertiary alicyclic amines) is 1. The van der Waals surface area contributed by atoms with Gasteiger partial charge < -0.3 is 9.64 Å². The molecule has 0 saturated carbocycles. The number of aromatic nitrogens is 1. The zero-order valence-corrected chi connectivity index (χ0v) is 14.9. The van der Waals surface area contributed by atoms with Crippen LogP contribution in [0.2, 0.25) is 0 Å². The summed E-state index contributed by atoms with van der Waals surface area (Å²) in [5.74, 6) is 1.09. The summed E-state index contributed by atoms with van der Waals surface area (Å²) in [7, 11) is 0. The van der Waals surface area contributed by atoms with Crippen LogP contribution in [0.25, 0.3) is 0 Å². The number of amides is 1. The highest BCUT2D eigenvalue weighted by Gasteiger charge is 2.23. The molecule has 0 unspecified atom stereocenters. The molecule has 2 aromatic rings. The Morgan fingerprint density at radius 2 is 1.92 bits per heavy atom. The van der Waals surface area contributed by atoms with E-state index in [9.17, 15) is 4.79 Å². The van der Waals surface area contributed by atoms with Crippen LogP contribution in [0.5, 0.6) is 5.75 Å². The first-order chi connectivity index (χ1) is 12.2. The molecule has 2 heterocycles. The Morgan fingerprint density at radius 1 is 1.16 bits per heavy atom. The molecule has 0 radical (unpaired) electrons. The van der Waals surface area contributed by atoms with E-state index in [1.165, 1.54) is 5.56 Å². The first kappa shape index (κ1) is 17.5. The highest BCUT2D eigenvalue weighted by Crippen LogP contribution is 2.19. The summed E-state index contributed by atoms with van der Waals surface area (Å²) in [4.78, 5) is 18.6. The molecule has 0 aliphatic carbocycles. The van der Waals surface area contributed by atoms with Crippen LogP contribution in [0, 0.1) is 6.92 Å². The van der Waals surface area contributed by atoms with E-state index in [0.29, 0.717) is 6.42 Å². The van der Waals surface area contributed by atoms with E-state index < -0.39 is 0 Å². The van der Waals surface area contributed by atoms with Crippen LogP contribution in [0.4, 0.5) is 0 Å². The molecule has 1 aromatic heterocycles. The molecule has 3 rings (SSSR count). The average molecular weight is 338 g/mol. The van der Waals surface area contributed by atoms with E-state index in [1.54, 1.807) is 6.20 Å². The summed E-state index contributed by atoms with van der Waals surface area (Å²) in [5, 5.41) is 0. The summed E-state index contributed by atoms with van der Waals surface area (Å²) >= 11 is 0. The second-order valence-corrected chi connectivity index (χ2v) is 6.67. The van der Waals surface area contributed by atoms with Crippen molar-refractivity contribution in [2.75, 3.05) is 13.1 Å². The number of benzene rings is 1. The Hall–Kier alpha value is -2.36. The standard InChI is InChI=1S/C21H26N2O2/c1-17-10-11-20(16-22-17)25-19-12-14-23(15-13-19)21(24)9-5-8-18-6-3-2-4-7-18/h2-4,6-7,10-11,16,19H,5,8-9,12-15H2,1H3. The van der Waals surface area contributed by atoms with Crippen molar-refractivity contribution in [1.82, 2.24) is 9.88 Å². The van der Waals surface area contributed by atoms with Gasteiger partial charge in [-0.2, -0.15) is 0 Å². The lowest BCUT2D eigenvalue weighted by Crippen LogP contribution is -2.41. The van der Waals surface area contributed by atoms with Crippen molar-refractivity contribution >= 4 is 5.91 Å². The maximum atomic E-state index is 12.4. The molecule has 25 heavy (non-hydrogen) atoms. The van der Waals surface area contributed by atoms with Gasteiger partial charge in [0.1, 0.15) is 11.9 Å². The maximum absolute atomic E-state index is 12.4. The first-order valence-electron chi connectivity index (χ1n) is 9.12. The lowest BCUT2D eigenvalue weighted by molar-refractivity contribution is -0.133. The van der Waals surface area contributed by atoms with Crippen molar-refractivity contribution in [2.45, 2.75) is 45.1 Å². The summed E-state index contributed by atoms with van der Waals surface area (Å²) in [5.41, 5.74) is 2.29. The van der Waals surface area contributed by atoms with Gasteiger partial charge in [0.25, 0.3) is 0 Å². The summed E-state index contributed by atoms with van der Waals surface area (Å²) in [6.45, 7) is 3.54. The minimum Gasteiger partial charge on any atom is -0.489 e. The van der Waals surface area contributed by atoms with E-state index in [1.807, 2.05) is 42.2 Å². The lowest BCUT2D eigenvalue weighted by atomic mass is 10.1. The number of carbonyl (C=O) groups excluding carboxylic acids is 1. The normalized spacial score (nSPS) is 15.2. The van der Waals surface area contributed by atoms with Gasteiger partial charge in [-0.1, -0.05) is 30.3 Å². The molecule has 1 aliphatic heterocycles. The second kappa shape index (κ2) is 8.65. The van der Waals surface area contributed by atoms with Crippen molar-refractivity contribution in [3.05, 3.63) is 59.9 Å². The molecule has 1 saturated heterocycles. The molecular weight excluding hydrogens is 312 g/mol. The van der Waals surface area contributed by atoms with Crippen molar-refractivity contribution in [3.8, 4) is 5.75 Å². The molecule has 1 amide bonds. The molecule has 132 valence electrons. The number of piperidine rings is 1. The van der Waals surface area contributed by atoms with Gasteiger partial charge >= 0.3 is 0 Å². The van der Waals surface area contributed by atoms with Crippen molar-refractivity contribution in [2.24, 2.45) is 0 Å². The van der Waals surface area contributed by atoms with Crippen molar-refractivity contribution in [1.29, 1.82) is 0 Å². The van der Waals surface area contributed by atoms with E-state index >= 15 is 0 Å². The van der Waals surface area contributed by atoms with Crippen LogP contribution < -0.4 is 4.74 Å². The van der Waals surface area contributed by atoms with Crippen LogP contribution >= 0.6 is 0 Å². The van der Waals surface area contributed by atoms with Crippen molar-refractivity contribution in [3.63, 3.8) is 0 Å². The van der Waals surface area contributed by atoms with Gasteiger partial charge in [0, 0.05) is 38.0 Å². The molecule has 1 aromatic carbocycles. The zero-order chi connectivity index (χ0) is 17.5. The highest BCUT2D eigenvalue weighted by atomic mass is 16.5. The van der Waals surface area contributed by atoms with E-state index in [2.05, 4.69) is 17.1 Å². The quantitative estimate of drug-likeness (QED) is 0.805. The Kier molecular flexibility index (Phi) is 6.04. The van der Waals surface area contributed by atoms with E-state index in [4.69, 9.17) is 4.74 Å².